The first-order valence-electron chi connectivity index (χ1n) is 10.4. The summed E-state index contributed by atoms with van der Waals surface area (Å²) in [5.74, 6) is -1.08. The van der Waals surface area contributed by atoms with Gasteiger partial charge >= 0.3 is 0 Å². The molecule has 0 atom stereocenters. The molecule has 5 nitrogen and oxygen atoms in total. The highest BCUT2D eigenvalue weighted by Crippen LogP contribution is 2.30. The van der Waals surface area contributed by atoms with Crippen LogP contribution in [0.5, 0.6) is 0 Å². The third kappa shape index (κ3) is 4.06. The van der Waals surface area contributed by atoms with Crippen molar-refractivity contribution in [2.24, 2.45) is 0 Å². The van der Waals surface area contributed by atoms with Crippen LogP contribution >= 0.6 is 0 Å². The molecule has 0 fully saturated rings. The summed E-state index contributed by atoms with van der Waals surface area (Å²) in [5.41, 5.74) is 1.75. The molecule has 0 saturated carbocycles. The largest absolute Gasteiger partial charge is 0.339 e. The third-order valence-corrected chi connectivity index (χ3v) is 5.63. The molecule has 6 heteroatoms. The Morgan fingerprint density at radius 2 is 1.61 bits per heavy atom. The SMILES string of the molecule is CCN(Cc1cccc(F)c1)C(=O)CCCN1C(=O)c2cccc3cccc(c23)C1=O. The van der Waals surface area contributed by atoms with E-state index >= 15 is 0 Å². The van der Waals surface area contributed by atoms with Crippen molar-refractivity contribution in [2.45, 2.75) is 26.3 Å². The summed E-state index contributed by atoms with van der Waals surface area (Å²) in [6, 6.07) is 17.0. The lowest BCUT2D eigenvalue weighted by Gasteiger charge is -2.27. The van der Waals surface area contributed by atoms with Gasteiger partial charge in [0, 0.05) is 42.6 Å². The van der Waals surface area contributed by atoms with Crippen LogP contribution in [0.2, 0.25) is 0 Å². The van der Waals surface area contributed by atoms with Crippen LogP contribution in [0.15, 0.2) is 60.7 Å². The van der Waals surface area contributed by atoms with E-state index in [2.05, 4.69) is 0 Å². The summed E-state index contributed by atoms with van der Waals surface area (Å²) in [5, 5.41) is 1.56. The molecule has 0 aromatic heterocycles. The fourth-order valence-corrected chi connectivity index (χ4v) is 4.06. The summed E-state index contributed by atoms with van der Waals surface area (Å²) < 4.78 is 13.4. The van der Waals surface area contributed by atoms with Crippen molar-refractivity contribution in [2.75, 3.05) is 13.1 Å². The van der Waals surface area contributed by atoms with Gasteiger partial charge in [-0.2, -0.15) is 0 Å². The number of hydrogen-bond acceptors (Lipinski definition) is 3. The van der Waals surface area contributed by atoms with Gasteiger partial charge in [-0.05, 0) is 48.6 Å². The molecule has 0 N–H and O–H groups in total. The maximum atomic E-state index is 13.4. The van der Waals surface area contributed by atoms with Gasteiger partial charge in [0.05, 0.1) is 0 Å². The standard InChI is InChI=1S/C25H23FN2O3/c1-2-27(16-17-7-3-10-19(26)15-17)22(29)13-6-14-28-24(30)20-11-4-8-18-9-5-12-21(23(18)20)25(28)31/h3-5,7-12,15H,2,6,13-14,16H2,1H3. The Balaban J connectivity index is 1.42. The fraction of sp³-hybridized carbons (Fsp3) is 0.240. The molecule has 1 heterocycles. The predicted octanol–water partition coefficient (Wildman–Crippen LogP) is 4.40. The number of amides is 3. The van der Waals surface area contributed by atoms with Crippen LogP contribution < -0.4 is 0 Å². The number of carbonyl (C=O) groups excluding carboxylic acids is 3. The molecule has 0 spiro atoms. The lowest BCUT2D eigenvalue weighted by atomic mass is 9.94. The van der Waals surface area contributed by atoms with Crippen LogP contribution in [0, 0.1) is 5.82 Å². The van der Waals surface area contributed by atoms with Crippen LogP contribution in [0.25, 0.3) is 10.8 Å². The smallest absolute Gasteiger partial charge is 0.261 e. The number of rotatable bonds is 7. The van der Waals surface area contributed by atoms with E-state index < -0.39 is 0 Å². The van der Waals surface area contributed by atoms with Crippen molar-refractivity contribution in [1.29, 1.82) is 0 Å². The lowest BCUT2D eigenvalue weighted by molar-refractivity contribution is -0.131. The molecule has 0 aliphatic carbocycles. The molecule has 1 aliphatic heterocycles. The number of carbonyl (C=O) groups is 3. The van der Waals surface area contributed by atoms with Gasteiger partial charge in [0.15, 0.2) is 0 Å². The van der Waals surface area contributed by atoms with Crippen molar-refractivity contribution in [3.05, 3.63) is 83.2 Å². The van der Waals surface area contributed by atoms with Crippen molar-refractivity contribution >= 4 is 28.5 Å². The second kappa shape index (κ2) is 8.68. The Labute approximate surface area is 180 Å². The lowest BCUT2D eigenvalue weighted by Crippen LogP contribution is -2.41. The van der Waals surface area contributed by atoms with E-state index in [1.807, 2.05) is 31.2 Å². The number of imide groups is 1. The van der Waals surface area contributed by atoms with Gasteiger partial charge in [-0.15, -0.1) is 0 Å². The minimum absolute atomic E-state index is 0.0915. The monoisotopic (exact) mass is 418 g/mol. The highest BCUT2D eigenvalue weighted by Gasteiger charge is 2.32. The number of nitrogens with zero attached hydrogens (tertiary/aromatic N) is 2. The zero-order valence-electron chi connectivity index (χ0n) is 17.3. The zero-order valence-corrected chi connectivity index (χ0v) is 17.3. The molecular formula is C25H23FN2O3. The van der Waals surface area contributed by atoms with E-state index in [1.165, 1.54) is 17.0 Å². The van der Waals surface area contributed by atoms with E-state index in [0.717, 1.165) is 10.9 Å². The molecule has 0 saturated heterocycles. The molecule has 0 unspecified atom stereocenters. The number of hydrogen-bond donors (Lipinski definition) is 0. The predicted molar refractivity (Wildman–Crippen MR) is 116 cm³/mol. The highest BCUT2D eigenvalue weighted by atomic mass is 19.1. The summed E-state index contributed by atoms with van der Waals surface area (Å²) in [6.45, 7) is 2.86. The molecule has 158 valence electrons. The van der Waals surface area contributed by atoms with E-state index in [9.17, 15) is 18.8 Å². The first kappa shape index (κ1) is 20.7. The van der Waals surface area contributed by atoms with Crippen LogP contribution in [-0.4, -0.2) is 40.6 Å². The zero-order chi connectivity index (χ0) is 22.0. The van der Waals surface area contributed by atoms with E-state index in [1.54, 1.807) is 29.2 Å². The average molecular weight is 418 g/mol. The van der Waals surface area contributed by atoms with Crippen molar-refractivity contribution in [3.63, 3.8) is 0 Å². The number of benzene rings is 3. The van der Waals surface area contributed by atoms with Gasteiger partial charge in [-0.3, -0.25) is 19.3 Å². The highest BCUT2D eigenvalue weighted by molar-refractivity contribution is 6.25. The Kier molecular flexibility index (Phi) is 5.80. The van der Waals surface area contributed by atoms with Crippen LogP contribution in [-0.2, 0) is 11.3 Å². The molecule has 4 rings (SSSR count). The van der Waals surface area contributed by atoms with E-state index in [0.29, 0.717) is 36.0 Å². The average Bonchev–Trinajstić information content (AvgIpc) is 2.77. The third-order valence-electron chi connectivity index (χ3n) is 5.63. The molecular weight excluding hydrogens is 395 g/mol. The summed E-state index contributed by atoms with van der Waals surface area (Å²) >= 11 is 0. The Hall–Kier alpha value is -3.54. The van der Waals surface area contributed by atoms with Gasteiger partial charge in [0.2, 0.25) is 5.91 Å². The van der Waals surface area contributed by atoms with Gasteiger partial charge in [-0.25, -0.2) is 4.39 Å². The van der Waals surface area contributed by atoms with Gasteiger partial charge in [-0.1, -0.05) is 36.4 Å². The minimum atomic E-state index is -0.335. The molecule has 0 bridgehead atoms. The first-order valence-corrected chi connectivity index (χ1v) is 10.4. The Bertz CT molecular complexity index is 1120. The summed E-state index contributed by atoms with van der Waals surface area (Å²) in [6.07, 6.45) is 0.570. The molecule has 31 heavy (non-hydrogen) atoms. The molecule has 3 aromatic rings. The van der Waals surface area contributed by atoms with Gasteiger partial charge in [0.25, 0.3) is 11.8 Å². The van der Waals surface area contributed by atoms with Crippen LogP contribution in [0.4, 0.5) is 4.39 Å². The Morgan fingerprint density at radius 1 is 0.968 bits per heavy atom. The van der Waals surface area contributed by atoms with Crippen molar-refractivity contribution in [3.8, 4) is 0 Å². The molecule has 3 amide bonds. The van der Waals surface area contributed by atoms with Crippen molar-refractivity contribution < 1.29 is 18.8 Å². The molecule has 0 radical (unpaired) electrons. The second-order valence-electron chi connectivity index (χ2n) is 7.61. The van der Waals surface area contributed by atoms with E-state index in [-0.39, 0.29) is 36.5 Å². The van der Waals surface area contributed by atoms with E-state index in [4.69, 9.17) is 0 Å². The molecule has 3 aromatic carbocycles. The van der Waals surface area contributed by atoms with Gasteiger partial charge < -0.3 is 4.90 Å². The topological polar surface area (TPSA) is 57.7 Å². The van der Waals surface area contributed by atoms with Crippen LogP contribution in [0.1, 0.15) is 46.0 Å². The maximum Gasteiger partial charge on any atom is 0.261 e. The van der Waals surface area contributed by atoms with Crippen molar-refractivity contribution in [1.82, 2.24) is 9.80 Å². The quantitative estimate of drug-likeness (QED) is 0.534. The first-order chi connectivity index (χ1) is 15.0. The Morgan fingerprint density at radius 3 is 2.23 bits per heavy atom. The normalized spacial score (nSPS) is 13.0. The number of halogens is 1. The minimum Gasteiger partial charge on any atom is -0.339 e. The summed E-state index contributed by atoms with van der Waals surface area (Å²) in [7, 11) is 0. The van der Waals surface area contributed by atoms with Crippen LogP contribution in [0.3, 0.4) is 0 Å². The molecule has 1 aliphatic rings. The van der Waals surface area contributed by atoms with Gasteiger partial charge in [0.1, 0.15) is 5.82 Å². The second-order valence-corrected chi connectivity index (χ2v) is 7.61. The summed E-state index contributed by atoms with van der Waals surface area (Å²) in [4.78, 5) is 41.4. The fourth-order valence-electron chi connectivity index (χ4n) is 4.06. The maximum absolute atomic E-state index is 13.4.